The van der Waals surface area contributed by atoms with E-state index in [1.165, 1.54) is 26.4 Å². The number of esters is 2. The summed E-state index contributed by atoms with van der Waals surface area (Å²) in [4.78, 5) is 23.1. The lowest BCUT2D eigenvalue weighted by molar-refractivity contribution is -0.135. The van der Waals surface area contributed by atoms with Crippen molar-refractivity contribution >= 4 is 24.1 Å². The van der Waals surface area contributed by atoms with E-state index in [-0.39, 0.29) is 6.79 Å². The summed E-state index contributed by atoms with van der Waals surface area (Å²) in [5, 5.41) is 0. The van der Waals surface area contributed by atoms with Gasteiger partial charge in [0, 0.05) is 23.3 Å². The first-order valence-corrected chi connectivity index (χ1v) is 11.7. The van der Waals surface area contributed by atoms with Crippen LogP contribution in [0.4, 0.5) is 0 Å². The van der Waals surface area contributed by atoms with Crippen LogP contribution in [0.15, 0.2) is 84.9 Å². The monoisotopic (exact) mass is 498 g/mol. The summed E-state index contributed by atoms with van der Waals surface area (Å²) in [6.45, 7) is 4.03. The molecule has 2 aromatic rings. The maximum atomic E-state index is 11.6. The summed E-state index contributed by atoms with van der Waals surface area (Å²) in [5.41, 5.74) is 5.28. The zero-order valence-electron chi connectivity index (χ0n) is 21.4. The molecule has 0 spiro atoms. The third kappa shape index (κ3) is 7.97. The normalized spacial score (nSPS) is 11.6. The molecule has 0 atom stereocenters. The lowest BCUT2D eigenvalue weighted by Crippen LogP contribution is -2.03. The quantitative estimate of drug-likeness (QED) is 0.363. The van der Waals surface area contributed by atoms with Crippen molar-refractivity contribution in [1.82, 2.24) is 0 Å². The van der Waals surface area contributed by atoms with Crippen molar-refractivity contribution in [3.05, 3.63) is 107 Å². The van der Waals surface area contributed by atoms with Crippen molar-refractivity contribution in [2.24, 2.45) is 0 Å². The summed E-state index contributed by atoms with van der Waals surface area (Å²) < 4.78 is 21.4. The van der Waals surface area contributed by atoms with Gasteiger partial charge in [-0.15, -0.1) is 0 Å². The van der Waals surface area contributed by atoms with Crippen molar-refractivity contribution < 1.29 is 28.5 Å². The molecule has 6 nitrogen and oxygen atoms in total. The van der Waals surface area contributed by atoms with Crippen LogP contribution in [0.2, 0.25) is 0 Å². The van der Waals surface area contributed by atoms with Gasteiger partial charge in [0.25, 0.3) is 0 Å². The van der Waals surface area contributed by atoms with E-state index < -0.39 is 11.9 Å². The Bertz CT molecular complexity index is 1340. The lowest BCUT2D eigenvalue weighted by atomic mass is 10.0. The molecule has 0 N–H and O–H groups in total. The molecule has 3 rings (SSSR count). The Balaban J connectivity index is 2.25. The molecule has 0 radical (unpaired) electrons. The van der Waals surface area contributed by atoms with Gasteiger partial charge in [0.15, 0.2) is 0 Å². The fourth-order valence-corrected chi connectivity index (χ4v) is 3.57. The number of carbonyl (C=O) groups excluding carboxylic acids is 2. The van der Waals surface area contributed by atoms with Gasteiger partial charge in [-0.3, -0.25) is 0 Å². The van der Waals surface area contributed by atoms with Crippen LogP contribution in [0.25, 0.3) is 23.3 Å². The second-order valence-electron chi connectivity index (χ2n) is 8.12. The van der Waals surface area contributed by atoms with E-state index in [0.29, 0.717) is 11.5 Å². The van der Waals surface area contributed by atoms with Crippen LogP contribution in [-0.4, -0.2) is 33.0 Å². The smallest absolute Gasteiger partial charge is 0.330 e. The average Bonchev–Trinajstić information content (AvgIpc) is 3.07. The average molecular weight is 499 g/mol. The minimum absolute atomic E-state index is 0.0614. The molecule has 37 heavy (non-hydrogen) atoms. The van der Waals surface area contributed by atoms with Gasteiger partial charge in [-0.25, -0.2) is 9.59 Å². The Morgan fingerprint density at radius 3 is 2.11 bits per heavy atom. The van der Waals surface area contributed by atoms with Crippen LogP contribution in [0, 0.1) is 13.8 Å². The van der Waals surface area contributed by atoms with Gasteiger partial charge in [-0.2, -0.15) is 0 Å². The number of methoxy groups -OCH3 is 2. The van der Waals surface area contributed by atoms with Crippen molar-refractivity contribution in [2.75, 3.05) is 21.0 Å². The molecule has 2 aromatic carbocycles. The summed E-state index contributed by atoms with van der Waals surface area (Å²) in [5.74, 6) is 0.491. The highest BCUT2D eigenvalue weighted by molar-refractivity contribution is 5.87. The van der Waals surface area contributed by atoms with Crippen molar-refractivity contribution in [1.29, 1.82) is 0 Å². The predicted molar refractivity (Wildman–Crippen MR) is 145 cm³/mol. The number of carbonyl (C=O) groups is 2. The molecule has 0 saturated heterocycles. The topological polar surface area (TPSA) is 71.1 Å². The van der Waals surface area contributed by atoms with E-state index in [1.54, 1.807) is 12.2 Å². The Morgan fingerprint density at radius 1 is 0.730 bits per heavy atom. The highest BCUT2D eigenvalue weighted by Gasteiger charge is 2.15. The second kappa shape index (κ2) is 13.5. The Labute approximate surface area is 217 Å². The van der Waals surface area contributed by atoms with Crippen molar-refractivity contribution in [2.45, 2.75) is 13.8 Å². The van der Waals surface area contributed by atoms with Crippen LogP contribution in [0.3, 0.4) is 0 Å². The zero-order valence-corrected chi connectivity index (χ0v) is 21.4. The summed E-state index contributed by atoms with van der Waals surface area (Å²) >= 11 is 0. The van der Waals surface area contributed by atoms with E-state index in [4.69, 9.17) is 18.9 Å². The molecule has 0 bridgehead atoms. The van der Waals surface area contributed by atoms with E-state index in [9.17, 15) is 9.59 Å². The highest BCUT2D eigenvalue weighted by atomic mass is 16.7. The molecular formula is C31H30O6. The maximum Gasteiger partial charge on any atom is 0.330 e. The largest absolute Gasteiger partial charge is 0.466 e. The third-order valence-corrected chi connectivity index (χ3v) is 5.45. The molecular weight excluding hydrogens is 468 g/mol. The standard InChI is InChI=1S/C31H30O6/c1-22-12-17-27-26(10-7-9-25(20-22)16-19-30(33)35-4)31-23(2)13-14-24(15-18-29(32)34-3)8-5-6-11-28(31)37-21-36-27/h5-20H,21H2,1-4H3/b6-5?,8-5?,9-7?,10-7?,11-6?,14-13?,17-12?,18-15+,19-16+,22-12?,22-20?,23-13?,24-8?,24-14?,25-9?,25-20?,26-10?,27-17?,28-11?,31-23?. The molecule has 0 fully saturated rings. The van der Waals surface area contributed by atoms with Gasteiger partial charge in [0.1, 0.15) is 11.5 Å². The van der Waals surface area contributed by atoms with Crippen LogP contribution in [0.5, 0.6) is 11.5 Å². The molecule has 1 aliphatic rings. The minimum Gasteiger partial charge on any atom is -0.466 e. The lowest BCUT2D eigenvalue weighted by Gasteiger charge is -2.07. The minimum atomic E-state index is -0.423. The predicted octanol–water partition coefficient (Wildman–Crippen LogP) is 6.32. The first-order chi connectivity index (χ1) is 17.9. The SMILES string of the molecule is COC(=O)/C=C/c1ccccc2c(c(C)cc1)-c1cccc(/C=C/C(=O)OC)cc(C)ccc1OCO2. The van der Waals surface area contributed by atoms with Crippen LogP contribution in [-0.2, 0) is 19.1 Å². The Hall–Kier alpha value is -4.58. The number of rotatable bonds is 4. The molecule has 0 unspecified atom stereocenters. The van der Waals surface area contributed by atoms with Gasteiger partial charge in [-0.05, 0) is 54.8 Å². The number of aryl methyl sites for hydroxylation is 2. The fraction of sp³-hybridized carbons (Fsp3) is 0.161. The first kappa shape index (κ1) is 27.0. The number of ether oxygens (including phenoxy) is 4. The van der Waals surface area contributed by atoms with Gasteiger partial charge >= 0.3 is 11.9 Å². The van der Waals surface area contributed by atoms with E-state index in [1.807, 2.05) is 86.6 Å². The fourth-order valence-electron chi connectivity index (χ4n) is 3.57. The van der Waals surface area contributed by atoms with Gasteiger partial charge in [-0.1, -0.05) is 66.2 Å². The number of hydrogen-bond donors (Lipinski definition) is 0. The van der Waals surface area contributed by atoms with Crippen LogP contribution in [0.1, 0.15) is 22.3 Å². The van der Waals surface area contributed by atoms with Gasteiger partial charge < -0.3 is 18.9 Å². The van der Waals surface area contributed by atoms with Crippen molar-refractivity contribution in [3.8, 4) is 22.6 Å². The number of hydrogen-bond acceptors (Lipinski definition) is 6. The van der Waals surface area contributed by atoms with Crippen molar-refractivity contribution in [3.63, 3.8) is 0 Å². The summed E-state index contributed by atoms with van der Waals surface area (Å²) in [7, 11) is 2.69. The molecule has 6 heteroatoms. The van der Waals surface area contributed by atoms with Crippen LogP contribution >= 0.6 is 0 Å². The summed E-state index contributed by atoms with van der Waals surface area (Å²) in [6, 6.07) is 23.0. The van der Waals surface area contributed by atoms with Gasteiger partial charge in [0.05, 0.1) is 14.2 Å². The van der Waals surface area contributed by atoms with Crippen LogP contribution < -0.4 is 9.47 Å². The molecule has 1 aliphatic heterocycles. The number of fused-ring (bicyclic) bond motifs is 3. The van der Waals surface area contributed by atoms with E-state index in [2.05, 4.69) is 0 Å². The molecule has 0 aliphatic carbocycles. The molecule has 190 valence electrons. The molecule has 1 heterocycles. The zero-order chi connectivity index (χ0) is 26.6. The Kier molecular flexibility index (Phi) is 9.85. The third-order valence-electron chi connectivity index (χ3n) is 5.45. The molecule has 0 saturated carbocycles. The Morgan fingerprint density at radius 2 is 1.38 bits per heavy atom. The van der Waals surface area contributed by atoms with Gasteiger partial charge in [0.2, 0.25) is 6.79 Å². The molecule has 0 amide bonds. The molecule has 0 aromatic heterocycles. The first-order valence-electron chi connectivity index (χ1n) is 11.7. The van der Waals surface area contributed by atoms with E-state index in [0.717, 1.165) is 33.4 Å². The van der Waals surface area contributed by atoms with E-state index >= 15 is 0 Å². The maximum absolute atomic E-state index is 11.6. The second-order valence-corrected chi connectivity index (χ2v) is 8.12. The summed E-state index contributed by atoms with van der Waals surface area (Å²) in [6.07, 6.45) is 6.17. The highest BCUT2D eigenvalue weighted by Crippen LogP contribution is 2.39.